The molecule has 5 heteroatoms. The molecule has 0 spiro atoms. The number of fused-ring (bicyclic) bond motifs is 1. The highest BCUT2D eigenvalue weighted by Crippen LogP contribution is 2.22. The number of likely N-dealkylation sites (tertiary alicyclic amines) is 1. The number of piperidine rings is 1. The van der Waals surface area contributed by atoms with Crippen LogP contribution in [-0.4, -0.2) is 45.7 Å². The predicted molar refractivity (Wildman–Crippen MR) is 76.9 cm³/mol. The van der Waals surface area contributed by atoms with Crippen molar-refractivity contribution in [2.24, 2.45) is 10.9 Å². The van der Waals surface area contributed by atoms with Gasteiger partial charge in [-0.25, -0.2) is 15.0 Å². The average Bonchev–Trinajstić information content (AvgIpc) is 2.89. The quantitative estimate of drug-likeness (QED) is 0.840. The van der Waals surface area contributed by atoms with Crippen LogP contribution in [0.25, 0.3) is 11.0 Å². The van der Waals surface area contributed by atoms with Crippen molar-refractivity contribution in [2.75, 3.05) is 13.6 Å². The fourth-order valence-corrected chi connectivity index (χ4v) is 2.58. The topological polar surface area (TPSA) is 57.2 Å². The lowest BCUT2D eigenvalue weighted by molar-refractivity contribution is 0.179. The van der Waals surface area contributed by atoms with Gasteiger partial charge in [-0.3, -0.25) is 0 Å². The number of aliphatic imine (C=N–C) groups is 1. The minimum atomic E-state index is 0.519. The smallest absolute Gasteiger partial charge is 0.164 e. The highest BCUT2D eigenvalue weighted by molar-refractivity contribution is 5.86. The Balaban J connectivity index is 1.77. The molecule has 1 fully saturated rings. The first-order chi connectivity index (χ1) is 9.24. The van der Waals surface area contributed by atoms with Crippen LogP contribution < -0.4 is 0 Å². The predicted octanol–water partition coefficient (Wildman–Crippen LogP) is 2.39. The average molecular weight is 257 g/mol. The standard InChI is InChI=1S/C14H19N5/c1-10-3-4-11(8-19(10)2)7-16-14-12-5-6-15-13(12)17-9-18-14/h5-7,9-11H,3-4,8H2,1-2H3,(H,15,17,18)/t10-,11?/m0/s1. The van der Waals surface area contributed by atoms with Crippen LogP contribution in [0.3, 0.4) is 0 Å². The van der Waals surface area contributed by atoms with E-state index < -0.39 is 0 Å². The number of hydrogen-bond donors (Lipinski definition) is 1. The largest absolute Gasteiger partial charge is 0.346 e. The zero-order valence-electron chi connectivity index (χ0n) is 11.4. The molecular formula is C14H19N5. The Morgan fingerprint density at radius 3 is 3.16 bits per heavy atom. The summed E-state index contributed by atoms with van der Waals surface area (Å²) >= 11 is 0. The van der Waals surface area contributed by atoms with Crippen LogP contribution in [0.1, 0.15) is 19.8 Å². The molecule has 1 saturated heterocycles. The van der Waals surface area contributed by atoms with Crippen molar-refractivity contribution in [3.63, 3.8) is 0 Å². The van der Waals surface area contributed by atoms with Gasteiger partial charge in [0.2, 0.25) is 0 Å². The molecular weight excluding hydrogens is 238 g/mol. The second-order valence-corrected chi connectivity index (χ2v) is 5.34. The van der Waals surface area contributed by atoms with E-state index in [4.69, 9.17) is 0 Å². The summed E-state index contributed by atoms with van der Waals surface area (Å²) < 4.78 is 0. The van der Waals surface area contributed by atoms with Crippen LogP contribution in [-0.2, 0) is 0 Å². The van der Waals surface area contributed by atoms with Gasteiger partial charge in [-0.15, -0.1) is 0 Å². The van der Waals surface area contributed by atoms with Crippen LogP contribution in [0.15, 0.2) is 23.6 Å². The van der Waals surface area contributed by atoms with Crippen molar-refractivity contribution in [3.8, 4) is 0 Å². The maximum absolute atomic E-state index is 4.57. The van der Waals surface area contributed by atoms with E-state index in [1.807, 2.05) is 12.3 Å². The molecule has 2 aromatic heterocycles. The molecule has 0 saturated carbocycles. The van der Waals surface area contributed by atoms with Crippen LogP contribution in [0.5, 0.6) is 0 Å². The molecule has 5 nitrogen and oxygen atoms in total. The van der Waals surface area contributed by atoms with E-state index in [1.54, 1.807) is 6.33 Å². The van der Waals surface area contributed by atoms with E-state index >= 15 is 0 Å². The van der Waals surface area contributed by atoms with Gasteiger partial charge in [0.25, 0.3) is 0 Å². The molecule has 2 aromatic rings. The lowest BCUT2D eigenvalue weighted by atomic mass is 9.95. The number of aromatic nitrogens is 3. The second-order valence-electron chi connectivity index (χ2n) is 5.34. The number of rotatable bonds is 2. The zero-order valence-corrected chi connectivity index (χ0v) is 11.4. The van der Waals surface area contributed by atoms with Gasteiger partial charge >= 0.3 is 0 Å². The Morgan fingerprint density at radius 2 is 2.32 bits per heavy atom. The second kappa shape index (κ2) is 5.09. The van der Waals surface area contributed by atoms with Gasteiger partial charge in [0.15, 0.2) is 5.82 Å². The highest BCUT2D eigenvalue weighted by Gasteiger charge is 2.21. The van der Waals surface area contributed by atoms with Gasteiger partial charge in [-0.05, 0) is 32.9 Å². The van der Waals surface area contributed by atoms with Gasteiger partial charge in [-0.1, -0.05) is 0 Å². The van der Waals surface area contributed by atoms with E-state index in [2.05, 4.69) is 45.0 Å². The van der Waals surface area contributed by atoms with E-state index in [1.165, 1.54) is 12.8 Å². The molecule has 0 aliphatic carbocycles. The van der Waals surface area contributed by atoms with Crippen molar-refractivity contribution in [3.05, 3.63) is 18.6 Å². The summed E-state index contributed by atoms with van der Waals surface area (Å²) in [7, 11) is 2.18. The minimum Gasteiger partial charge on any atom is -0.346 e. The maximum atomic E-state index is 4.57. The van der Waals surface area contributed by atoms with E-state index in [0.717, 1.165) is 23.4 Å². The third-order valence-electron chi connectivity index (χ3n) is 3.97. The van der Waals surface area contributed by atoms with Crippen LogP contribution in [0, 0.1) is 5.92 Å². The SMILES string of the molecule is C[C@H]1CCC(C=Nc2ncnc3[nH]ccc23)CN1C. The summed E-state index contributed by atoms with van der Waals surface area (Å²) in [5.41, 5.74) is 0.844. The summed E-state index contributed by atoms with van der Waals surface area (Å²) in [5.74, 6) is 1.28. The molecule has 3 heterocycles. The van der Waals surface area contributed by atoms with E-state index in [9.17, 15) is 0 Å². The van der Waals surface area contributed by atoms with Gasteiger partial charge < -0.3 is 9.88 Å². The van der Waals surface area contributed by atoms with Crippen LogP contribution in [0.2, 0.25) is 0 Å². The Hall–Kier alpha value is -1.75. The molecule has 0 aromatic carbocycles. The summed E-state index contributed by atoms with van der Waals surface area (Å²) in [6.07, 6.45) is 7.92. The number of hydrogen-bond acceptors (Lipinski definition) is 4. The molecule has 1 aliphatic rings. The molecule has 1 N–H and O–H groups in total. The molecule has 1 aliphatic heterocycles. The first kappa shape index (κ1) is 12.3. The summed E-state index contributed by atoms with van der Waals surface area (Å²) in [4.78, 5) is 18.5. The van der Waals surface area contributed by atoms with Crippen LogP contribution >= 0.6 is 0 Å². The third-order valence-corrected chi connectivity index (χ3v) is 3.97. The van der Waals surface area contributed by atoms with Gasteiger partial charge in [0.1, 0.15) is 12.0 Å². The molecule has 2 atom stereocenters. The summed E-state index contributed by atoms with van der Waals surface area (Å²) in [6.45, 7) is 3.35. The Morgan fingerprint density at radius 1 is 1.42 bits per heavy atom. The molecule has 0 amide bonds. The highest BCUT2D eigenvalue weighted by atomic mass is 15.1. The van der Waals surface area contributed by atoms with Crippen molar-refractivity contribution < 1.29 is 0 Å². The van der Waals surface area contributed by atoms with Crippen molar-refractivity contribution >= 4 is 23.1 Å². The Labute approximate surface area is 112 Å². The zero-order chi connectivity index (χ0) is 13.2. The molecule has 3 rings (SSSR count). The molecule has 0 radical (unpaired) electrons. The van der Waals surface area contributed by atoms with E-state index in [-0.39, 0.29) is 0 Å². The maximum Gasteiger partial charge on any atom is 0.164 e. The first-order valence-corrected chi connectivity index (χ1v) is 6.76. The van der Waals surface area contributed by atoms with Crippen molar-refractivity contribution in [1.82, 2.24) is 19.9 Å². The normalized spacial score (nSPS) is 25.4. The Kier molecular flexibility index (Phi) is 3.29. The Bertz CT molecular complexity index is 588. The van der Waals surface area contributed by atoms with E-state index in [0.29, 0.717) is 12.0 Å². The number of aromatic amines is 1. The molecule has 19 heavy (non-hydrogen) atoms. The first-order valence-electron chi connectivity index (χ1n) is 6.76. The van der Waals surface area contributed by atoms with Gasteiger partial charge in [-0.2, -0.15) is 0 Å². The summed E-state index contributed by atoms with van der Waals surface area (Å²) in [5, 5.41) is 0.983. The lowest BCUT2D eigenvalue weighted by Crippen LogP contribution is -2.39. The van der Waals surface area contributed by atoms with Crippen molar-refractivity contribution in [1.29, 1.82) is 0 Å². The third kappa shape index (κ3) is 2.51. The van der Waals surface area contributed by atoms with Gasteiger partial charge in [0.05, 0.1) is 5.39 Å². The number of nitrogens with zero attached hydrogens (tertiary/aromatic N) is 4. The summed E-state index contributed by atoms with van der Waals surface area (Å²) in [6, 6.07) is 2.65. The number of nitrogens with one attached hydrogen (secondary N) is 1. The molecule has 0 bridgehead atoms. The number of H-pyrrole nitrogens is 1. The van der Waals surface area contributed by atoms with Gasteiger partial charge in [0, 0.05) is 30.9 Å². The lowest BCUT2D eigenvalue weighted by Gasteiger charge is -2.33. The molecule has 100 valence electrons. The fraction of sp³-hybridized carbons (Fsp3) is 0.500. The van der Waals surface area contributed by atoms with Crippen LogP contribution in [0.4, 0.5) is 5.82 Å². The molecule has 1 unspecified atom stereocenters. The monoisotopic (exact) mass is 257 g/mol. The van der Waals surface area contributed by atoms with Crippen molar-refractivity contribution in [2.45, 2.75) is 25.8 Å². The minimum absolute atomic E-state index is 0.519. The fourth-order valence-electron chi connectivity index (χ4n) is 2.58.